The number of nitrogens with one attached hydrogen (secondary N) is 2. The van der Waals surface area contributed by atoms with E-state index in [1.54, 1.807) is 11.3 Å². The van der Waals surface area contributed by atoms with Gasteiger partial charge in [-0.1, -0.05) is 6.07 Å². The van der Waals surface area contributed by atoms with Crippen molar-refractivity contribution >= 4 is 53.0 Å². The monoisotopic (exact) mass is 456 g/mol. The van der Waals surface area contributed by atoms with Gasteiger partial charge in [0.1, 0.15) is 0 Å². The lowest BCUT2D eigenvalue weighted by atomic mass is 10.2. The van der Waals surface area contributed by atoms with Crippen LogP contribution in [0.4, 0.5) is 0 Å². The quantitative estimate of drug-likeness (QED) is 0.259. The normalized spacial score (nSPS) is 12.9. The van der Waals surface area contributed by atoms with Gasteiger partial charge in [0.2, 0.25) is 0 Å². The van der Waals surface area contributed by atoms with E-state index in [-0.39, 0.29) is 24.0 Å². The number of rotatable bonds is 9. The van der Waals surface area contributed by atoms with Gasteiger partial charge in [-0.25, -0.2) is 0 Å². The molecule has 2 N–H and O–H groups in total. The van der Waals surface area contributed by atoms with Gasteiger partial charge in [0.05, 0.1) is 6.04 Å². The number of nitrogens with zero attached hydrogens (tertiary/aromatic N) is 2. The second-order valence-corrected chi connectivity index (χ2v) is 7.04. The molecule has 1 aromatic rings. The third-order valence-corrected chi connectivity index (χ3v) is 4.92. The number of thiophene rings is 1. The molecule has 1 atom stereocenters. The lowest BCUT2D eigenvalue weighted by Crippen LogP contribution is -2.41. The van der Waals surface area contributed by atoms with Crippen LogP contribution in [0.2, 0.25) is 0 Å². The highest BCUT2D eigenvalue weighted by atomic mass is 127. The Balaban J connectivity index is 0.00000441. The third-order valence-electron chi connectivity index (χ3n) is 3.25. The van der Waals surface area contributed by atoms with Crippen molar-refractivity contribution in [1.29, 1.82) is 0 Å². The largest absolute Gasteiger partial charge is 0.356 e. The van der Waals surface area contributed by atoms with E-state index in [1.807, 2.05) is 18.8 Å². The molecular formula is C15H29IN4S2. The molecule has 0 aromatic carbocycles. The molecule has 1 aromatic heterocycles. The number of thioether (sulfide) groups is 1. The molecule has 0 saturated heterocycles. The van der Waals surface area contributed by atoms with Crippen LogP contribution >= 0.6 is 47.1 Å². The maximum absolute atomic E-state index is 4.29. The van der Waals surface area contributed by atoms with Gasteiger partial charge in [0, 0.05) is 25.0 Å². The van der Waals surface area contributed by atoms with Crippen LogP contribution in [0.3, 0.4) is 0 Å². The molecule has 0 spiro atoms. The fourth-order valence-electron chi connectivity index (χ4n) is 2.01. The summed E-state index contributed by atoms with van der Waals surface area (Å²) in [7, 11) is 6.06. The SMILES string of the molecule is CN=C(NCCCCSC)NCC(c1cccs1)N(C)C.I. The van der Waals surface area contributed by atoms with E-state index in [1.165, 1.54) is 23.5 Å². The molecule has 0 bridgehead atoms. The fraction of sp³-hybridized carbons (Fsp3) is 0.667. The lowest BCUT2D eigenvalue weighted by molar-refractivity contribution is 0.302. The standard InChI is InChI=1S/C15H28N4S2.HI/c1-16-15(17-9-5-6-10-20-4)18-12-13(19(2)3)14-8-7-11-21-14;/h7-8,11,13H,5-6,9-10,12H2,1-4H3,(H2,16,17,18);1H. The van der Waals surface area contributed by atoms with Gasteiger partial charge in [-0.3, -0.25) is 4.99 Å². The predicted octanol–water partition coefficient (Wildman–Crippen LogP) is 3.28. The minimum atomic E-state index is 0. The summed E-state index contributed by atoms with van der Waals surface area (Å²) in [6.07, 6.45) is 4.59. The van der Waals surface area contributed by atoms with Gasteiger partial charge in [0.15, 0.2) is 5.96 Å². The Morgan fingerprint density at radius 2 is 2.14 bits per heavy atom. The Morgan fingerprint density at radius 1 is 1.36 bits per heavy atom. The number of unbranched alkanes of at least 4 members (excludes halogenated alkanes) is 1. The molecule has 1 rings (SSSR count). The molecule has 4 nitrogen and oxygen atoms in total. The van der Waals surface area contributed by atoms with E-state index >= 15 is 0 Å². The van der Waals surface area contributed by atoms with E-state index in [0.29, 0.717) is 6.04 Å². The number of aliphatic imine (C=N–C) groups is 1. The molecule has 0 aliphatic heterocycles. The summed E-state index contributed by atoms with van der Waals surface area (Å²) in [5.74, 6) is 2.12. The molecule has 22 heavy (non-hydrogen) atoms. The summed E-state index contributed by atoms with van der Waals surface area (Å²) >= 11 is 3.71. The van der Waals surface area contributed by atoms with Crippen LogP contribution < -0.4 is 10.6 Å². The third kappa shape index (κ3) is 8.59. The van der Waals surface area contributed by atoms with Crippen LogP contribution in [0.1, 0.15) is 23.8 Å². The second kappa shape index (κ2) is 13.4. The summed E-state index contributed by atoms with van der Waals surface area (Å²) in [6.45, 7) is 1.84. The highest BCUT2D eigenvalue weighted by Crippen LogP contribution is 2.22. The molecule has 0 fully saturated rings. The Morgan fingerprint density at radius 3 is 2.68 bits per heavy atom. The van der Waals surface area contributed by atoms with Crippen molar-refractivity contribution in [3.63, 3.8) is 0 Å². The molecule has 0 aliphatic carbocycles. The van der Waals surface area contributed by atoms with Crippen LogP contribution in [-0.4, -0.2) is 57.1 Å². The zero-order valence-corrected chi connectivity index (χ0v) is 17.9. The number of halogens is 1. The first-order chi connectivity index (χ1) is 10.2. The summed E-state index contributed by atoms with van der Waals surface area (Å²) < 4.78 is 0. The van der Waals surface area contributed by atoms with Gasteiger partial charge in [0.25, 0.3) is 0 Å². The average Bonchev–Trinajstić information content (AvgIpc) is 2.98. The number of likely N-dealkylation sites (N-methyl/N-ethyl adjacent to an activating group) is 1. The number of hydrogen-bond acceptors (Lipinski definition) is 4. The van der Waals surface area contributed by atoms with Crippen molar-refractivity contribution in [2.24, 2.45) is 4.99 Å². The van der Waals surface area contributed by atoms with Crippen molar-refractivity contribution in [3.05, 3.63) is 22.4 Å². The molecule has 1 unspecified atom stereocenters. The van der Waals surface area contributed by atoms with Crippen molar-refractivity contribution < 1.29 is 0 Å². The highest BCUT2D eigenvalue weighted by Gasteiger charge is 2.15. The minimum Gasteiger partial charge on any atom is -0.356 e. The van der Waals surface area contributed by atoms with Crippen LogP contribution in [0, 0.1) is 0 Å². The van der Waals surface area contributed by atoms with Gasteiger partial charge in [-0.2, -0.15) is 11.8 Å². The Bertz CT molecular complexity index is 396. The molecule has 0 aliphatic rings. The topological polar surface area (TPSA) is 39.7 Å². The molecular weight excluding hydrogens is 427 g/mol. The minimum absolute atomic E-state index is 0. The van der Waals surface area contributed by atoms with Crippen LogP contribution in [-0.2, 0) is 0 Å². The zero-order chi connectivity index (χ0) is 15.5. The molecule has 0 saturated carbocycles. The van der Waals surface area contributed by atoms with Gasteiger partial charge in [-0.05, 0) is 50.4 Å². The van der Waals surface area contributed by atoms with E-state index in [2.05, 4.69) is 58.4 Å². The maximum atomic E-state index is 4.29. The van der Waals surface area contributed by atoms with Crippen molar-refractivity contribution in [1.82, 2.24) is 15.5 Å². The molecule has 0 amide bonds. The lowest BCUT2D eigenvalue weighted by Gasteiger charge is -2.24. The van der Waals surface area contributed by atoms with E-state index in [4.69, 9.17) is 0 Å². The summed E-state index contributed by atoms with van der Waals surface area (Å²) in [6, 6.07) is 4.67. The molecule has 1 heterocycles. The van der Waals surface area contributed by atoms with Crippen LogP contribution in [0.15, 0.2) is 22.5 Å². The zero-order valence-electron chi connectivity index (χ0n) is 14.0. The summed E-state index contributed by atoms with van der Waals surface area (Å²) in [5, 5.41) is 8.94. The first-order valence-electron chi connectivity index (χ1n) is 7.32. The van der Waals surface area contributed by atoms with E-state index < -0.39 is 0 Å². The number of guanidine groups is 1. The Kier molecular flexibility index (Phi) is 13.5. The highest BCUT2D eigenvalue weighted by molar-refractivity contribution is 14.0. The summed E-state index contributed by atoms with van der Waals surface area (Å²) in [5.41, 5.74) is 0. The van der Waals surface area contributed by atoms with Crippen molar-refractivity contribution in [3.8, 4) is 0 Å². The van der Waals surface area contributed by atoms with Gasteiger partial charge < -0.3 is 15.5 Å². The smallest absolute Gasteiger partial charge is 0.191 e. The molecule has 7 heteroatoms. The first kappa shape index (κ1) is 22.0. The first-order valence-corrected chi connectivity index (χ1v) is 9.59. The average molecular weight is 456 g/mol. The summed E-state index contributed by atoms with van der Waals surface area (Å²) in [4.78, 5) is 7.91. The van der Waals surface area contributed by atoms with Crippen molar-refractivity contribution in [2.75, 3.05) is 46.2 Å². The fourth-order valence-corrected chi connectivity index (χ4v) is 3.43. The van der Waals surface area contributed by atoms with Crippen LogP contribution in [0.25, 0.3) is 0 Å². The Labute approximate surface area is 160 Å². The van der Waals surface area contributed by atoms with Gasteiger partial charge in [-0.15, -0.1) is 35.3 Å². The second-order valence-electron chi connectivity index (χ2n) is 5.07. The van der Waals surface area contributed by atoms with E-state index in [9.17, 15) is 0 Å². The van der Waals surface area contributed by atoms with Crippen molar-refractivity contribution in [2.45, 2.75) is 18.9 Å². The van der Waals surface area contributed by atoms with Gasteiger partial charge >= 0.3 is 0 Å². The molecule has 128 valence electrons. The maximum Gasteiger partial charge on any atom is 0.191 e. The Hall–Kier alpha value is 0.01000. The van der Waals surface area contributed by atoms with E-state index in [0.717, 1.165) is 19.0 Å². The number of hydrogen-bond donors (Lipinski definition) is 2. The van der Waals surface area contributed by atoms with Crippen LogP contribution in [0.5, 0.6) is 0 Å². The molecule has 0 radical (unpaired) electrons. The predicted molar refractivity (Wildman–Crippen MR) is 113 cm³/mol.